The first-order valence-electron chi connectivity index (χ1n) is 5.88. The van der Waals surface area contributed by atoms with Gasteiger partial charge in [-0.1, -0.05) is 36.0 Å². The Balaban J connectivity index is 2.27. The van der Waals surface area contributed by atoms with Crippen molar-refractivity contribution < 1.29 is 0 Å². The monoisotopic (exact) mass is 226 g/mol. The molecule has 2 rings (SSSR count). The lowest BCUT2D eigenvalue weighted by atomic mass is 9.79. The molecule has 0 aromatic heterocycles. The topological polar surface area (TPSA) is 38.4 Å². The summed E-state index contributed by atoms with van der Waals surface area (Å²) in [7, 11) is 0. The summed E-state index contributed by atoms with van der Waals surface area (Å²) in [6.07, 6.45) is 16.4. The minimum atomic E-state index is 0.333. The predicted molar refractivity (Wildman–Crippen MR) is 73.5 cm³/mol. The molecule has 2 unspecified atom stereocenters. The third-order valence-corrected chi connectivity index (χ3v) is 2.91. The second-order valence-corrected chi connectivity index (χ2v) is 4.63. The third-order valence-electron chi connectivity index (χ3n) is 2.91. The summed E-state index contributed by atoms with van der Waals surface area (Å²) in [4.78, 5) is 4.32. The maximum Gasteiger partial charge on any atom is 0.0365 e. The minimum Gasteiger partial charge on any atom is -0.398 e. The molecule has 2 aliphatic carbocycles. The molecule has 2 N–H and O–H groups in total. The van der Waals surface area contributed by atoms with Crippen molar-refractivity contribution in [3.05, 3.63) is 59.5 Å². The fourth-order valence-electron chi connectivity index (χ4n) is 2.05. The summed E-state index contributed by atoms with van der Waals surface area (Å²) in [6.45, 7) is 4.06. The summed E-state index contributed by atoms with van der Waals surface area (Å²) in [5.41, 5.74) is 9.13. The number of allylic oxidation sites excluding steroid dienone is 8. The van der Waals surface area contributed by atoms with Crippen LogP contribution >= 0.6 is 0 Å². The lowest BCUT2D eigenvalue weighted by Crippen LogP contribution is -2.21. The highest BCUT2D eigenvalue weighted by Gasteiger charge is 2.23. The number of rotatable bonds is 2. The highest BCUT2D eigenvalue weighted by Crippen LogP contribution is 2.31. The second kappa shape index (κ2) is 5.00. The Morgan fingerprint density at radius 3 is 2.76 bits per heavy atom. The van der Waals surface area contributed by atoms with Gasteiger partial charge >= 0.3 is 0 Å². The van der Waals surface area contributed by atoms with Crippen LogP contribution in [0.4, 0.5) is 0 Å². The van der Waals surface area contributed by atoms with Crippen LogP contribution < -0.4 is 5.73 Å². The van der Waals surface area contributed by atoms with E-state index >= 15 is 0 Å². The summed E-state index contributed by atoms with van der Waals surface area (Å²) in [5, 5.41) is 0. The highest BCUT2D eigenvalue weighted by molar-refractivity contribution is 5.83. The molecule has 0 aliphatic heterocycles. The zero-order valence-electron chi connectivity index (χ0n) is 10.3. The second-order valence-electron chi connectivity index (χ2n) is 4.63. The molecule has 0 aromatic carbocycles. The number of nitrogens with zero attached hydrogens (tertiary/aromatic N) is 1. The molecule has 2 aliphatic rings. The SMILES string of the molecule is CC(C)=CN=CC1=C(N)C=CC2C=CC=CC12. The van der Waals surface area contributed by atoms with Gasteiger partial charge in [-0.15, -0.1) is 0 Å². The molecular weight excluding hydrogens is 208 g/mol. The number of nitrogens with two attached hydrogens (primary N) is 1. The molecule has 2 atom stereocenters. The van der Waals surface area contributed by atoms with E-state index in [1.54, 1.807) is 0 Å². The summed E-state index contributed by atoms with van der Waals surface area (Å²) in [6, 6.07) is 0. The van der Waals surface area contributed by atoms with Gasteiger partial charge in [0.2, 0.25) is 0 Å². The van der Waals surface area contributed by atoms with Crippen LogP contribution in [0.15, 0.2) is 64.5 Å². The smallest absolute Gasteiger partial charge is 0.0365 e. The van der Waals surface area contributed by atoms with Crippen molar-refractivity contribution in [1.29, 1.82) is 0 Å². The number of hydrogen-bond donors (Lipinski definition) is 1. The van der Waals surface area contributed by atoms with E-state index in [4.69, 9.17) is 5.73 Å². The molecule has 0 aromatic rings. The van der Waals surface area contributed by atoms with Crippen molar-refractivity contribution in [2.24, 2.45) is 22.6 Å². The largest absolute Gasteiger partial charge is 0.398 e. The van der Waals surface area contributed by atoms with E-state index in [-0.39, 0.29) is 0 Å². The van der Waals surface area contributed by atoms with Gasteiger partial charge in [-0.2, -0.15) is 0 Å². The molecule has 2 nitrogen and oxygen atoms in total. The quantitative estimate of drug-likeness (QED) is 0.722. The third kappa shape index (κ3) is 2.64. The molecule has 2 heteroatoms. The van der Waals surface area contributed by atoms with Gasteiger partial charge in [0, 0.05) is 35.5 Å². The maximum absolute atomic E-state index is 6.03. The molecule has 0 amide bonds. The zero-order valence-corrected chi connectivity index (χ0v) is 10.3. The first-order valence-corrected chi connectivity index (χ1v) is 5.88. The van der Waals surface area contributed by atoms with Gasteiger partial charge in [-0.25, -0.2) is 0 Å². The van der Waals surface area contributed by atoms with E-state index in [0.717, 1.165) is 11.3 Å². The highest BCUT2D eigenvalue weighted by atomic mass is 14.7. The summed E-state index contributed by atoms with van der Waals surface area (Å²) < 4.78 is 0. The van der Waals surface area contributed by atoms with Gasteiger partial charge in [-0.05, 0) is 19.9 Å². The van der Waals surface area contributed by atoms with Crippen molar-refractivity contribution in [2.75, 3.05) is 0 Å². The van der Waals surface area contributed by atoms with Gasteiger partial charge in [0.1, 0.15) is 0 Å². The molecule has 0 bridgehead atoms. The van der Waals surface area contributed by atoms with E-state index in [1.807, 2.05) is 32.3 Å². The van der Waals surface area contributed by atoms with Crippen LogP contribution in [0.2, 0.25) is 0 Å². The molecule has 0 saturated heterocycles. The van der Waals surface area contributed by atoms with Crippen LogP contribution in [0.25, 0.3) is 0 Å². The Morgan fingerprint density at radius 2 is 2.00 bits per heavy atom. The van der Waals surface area contributed by atoms with E-state index < -0.39 is 0 Å². The van der Waals surface area contributed by atoms with Gasteiger partial charge in [0.15, 0.2) is 0 Å². The molecule has 0 radical (unpaired) electrons. The number of aliphatic imine (C=N–C) groups is 1. The lowest BCUT2D eigenvalue weighted by molar-refractivity contribution is 0.637. The van der Waals surface area contributed by atoms with Crippen LogP contribution in [-0.2, 0) is 0 Å². The standard InChI is InChI=1S/C15H18N2/c1-11(2)9-17-10-14-13-6-4-3-5-12(13)7-8-15(14)16/h3-10,12-13H,16H2,1-2H3. The van der Waals surface area contributed by atoms with Crippen LogP contribution in [0, 0.1) is 11.8 Å². The van der Waals surface area contributed by atoms with Gasteiger partial charge < -0.3 is 5.73 Å². The van der Waals surface area contributed by atoms with Crippen molar-refractivity contribution in [3.63, 3.8) is 0 Å². The maximum atomic E-state index is 6.03. The minimum absolute atomic E-state index is 0.333. The van der Waals surface area contributed by atoms with Crippen molar-refractivity contribution in [3.8, 4) is 0 Å². The Hall–Kier alpha value is -1.83. The van der Waals surface area contributed by atoms with E-state index in [0.29, 0.717) is 11.8 Å². The van der Waals surface area contributed by atoms with Crippen molar-refractivity contribution >= 4 is 6.21 Å². The summed E-state index contributed by atoms with van der Waals surface area (Å²) >= 11 is 0. The number of hydrogen-bond acceptors (Lipinski definition) is 2. The first kappa shape index (κ1) is 11.6. The molecule has 0 heterocycles. The Bertz CT molecular complexity index is 469. The van der Waals surface area contributed by atoms with Crippen LogP contribution in [0.5, 0.6) is 0 Å². The molecular formula is C15H18N2. The van der Waals surface area contributed by atoms with Gasteiger partial charge in [0.25, 0.3) is 0 Å². The first-order chi connectivity index (χ1) is 8.18. The van der Waals surface area contributed by atoms with Crippen LogP contribution in [-0.4, -0.2) is 6.21 Å². The van der Waals surface area contributed by atoms with E-state index in [2.05, 4.69) is 35.4 Å². The molecule has 17 heavy (non-hydrogen) atoms. The Labute approximate surface area is 103 Å². The molecule has 0 spiro atoms. The fraction of sp³-hybridized carbons (Fsp3) is 0.267. The lowest BCUT2D eigenvalue weighted by Gasteiger charge is -2.26. The molecule has 88 valence electrons. The molecule has 0 fully saturated rings. The number of fused-ring (bicyclic) bond motifs is 1. The van der Waals surface area contributed by atoms with Gasteiger partial charge in [0.05, 0.1) is 0 Å². The van der Waals surface area contributed by atoms with Crippen molar-refractivity contribution in [1.82, 2.24) is 0 Å². The predicted octanol–water partition coefficient (Wildman–Crippen LogP) is 3.12. The summed E-state index contributed by atoms with van der Waals surface area (Å²) in [5.74, 6) is 0.750. The Morgan fingerprint density at radius 1 is 1.24 bits per heavy atom. The normalized spacial score (nSPS) is 26.5. The zero-order chi connectivity index (χ0) is 12.3. The van der Waals surface area contributed by atoms with Crippen LogP contribution in [0.1, 0.15) is 13.8 Å². The average Bonchev–Trinajstić information content (AvgIpc) is 2.32. The van der Waals surface area contributed by atoms with Gasteiger partial charge in [-0.3, -0.25) is 4.99 Å². The fourth-order valence-corrected chi connectivity index (χ4v) is 2.05. The average molecular weight is 226 g/mol. The molecule has 0 saturated carbocycles. The van der Waals surface area contributed by atoms with Crippen molar-refractivity contribution in [2.45, 2.75) is 13.8 Å². The van der Waals surface area contributed by atoms with E-state index in [9.17, 15) is 0 Å². The van der Waals surface area contributed by atoms with Crippen LogP contribution in [0.3, 0.4) is 0 Å². The van der Waals surface area contributed by atoms with E-state index in [1.165, 1.54) is 5.57 Å². The Kier molecular flexibility index (Phi) is 3.43.